The number of amides is 1. The molecule has 192 valence electrons. The molecule has 1 amide bonds. The molecule has 0 unspecified atom stereocenters. The van der Waals surface area contributed by atoms with E-state index in [9.17, 15) is 4.79 Å². The molecule has 3 aromatic rings. The van der Waals surface area contributed by atoms with Gasteiger partial charge in [0.2, 0.25) is 5.89 Å². The van der Waals surface area contributed by atoms with Crippen LogP contribution >= 0.6 is 11.6 Å². The SMILES string of the molecule is CC(C)c1nc(C2CCC(c3nnc4n3-c3ccc(Cl)cc3CN(C(=O)OC(C)(C)C)C4)CC2)no1. The van der Waals surface area contributed by atoms with Crippen molar-refractivity contribution in [3.05, 3.63) is 52.1 Å². The fourth-order valence-electron chi connectivity index (χ4n) is 5.00. The van der Waals surface area contributed by atoms with Crippen LogP contribution in [0.25, 0.3) is 5.69 Å². The quantitative estimate of drug-likeness (QED) is 0.416. The normalized spacial score (nSPS) is 20.1. The Morgan fingerprint density at radius 2 is 1.83 bits per heavy atom. The maximum absolute atomic E-state index is 13.0. The zero-order chi connectivity index (χ0) is 25.6. The van der Waals surface area contributed by atoms with Crippen LogP contribution in [-0.4, -0.2) is 41.5 Å². The molecule has 1 aromatic carbocycles. The number of aromatic nitrogens is 5. The molecule has 1 aliphatic carbocycles. The summed E-state index contributed by atoms with van der Waals surface area (Å²) in [5.41, 5.74) is 1.31. The number of halogens is 1. The highest BCUT2D eigenvalue weighted by Crippen LogP contribution is 2.41. The number of ether oxygens (including phenoxy) is 1. The monoisotopic (exact) mass is 512 g/mol. The number of carbonyl (C=O) groups is 1. The van der Waals surface area contributed by atoms with Crippen molar-refractivity contribution in [2.75, 3.05) is 0 Å². The summed E-state index contributed by atoms with van der Waals surface area (Å²) in [4.78, 5) is 19.3. The second kappa shape index (κ2) is 9.50. The second-order valence-corrected chi connectivity index (χ2v) is 11.5. The molecule has 1 saturated carbocycles. The molecule has 9 nitrogen and oxygen atoms in total. The van der Waals surface area contributed by atoms with E-state index < -0.39 is 5.60 Å². The zero-order valence-corrected chi connectivity index (χ0v) is 22.2. The van der Waals surface area contributed by atoms with Gasteiger partial charge in [-0.1, -0.05) is 30.6 Å². The van der Waals surface area contributed by atoms with Gasteiger partial charge in [-0.3, -0.25) is 9.47 Å². The Labute approximate surface area is 216 Å². The van der Waals surface area contributed by atoms with Gasteiger partial charge < -0.3 is 9.26 Å². The minimum atomic E-state index is -0.591. The first-order chi connectivity index (χ1) is 17.1. The lowest BCUT2D eigenvalue weighted by molar-refractivity contribution is 0.0214. The summed E-state index contributed by atoms with van der Waals surface area (Å²) in [6.07, 6.45) is 3.44. The molecule has 2 aliphatic rings. The Balaban J connectivity index is 1.41. The van der Waals surface area contributed by atoms with Crippen LogP contribution < -0.4 is 0 Å². The molecular formula is C26H33ClN6O3. The average Bonchev–Trinajstić information content (AvgIpc) is 3.43. The summed E-state index contributed by atoms with van der Waals surface area (Å²) in [7, 11) is 0. The number of rotatable bonds is 3. The Hall–Kier alpha value is -2.94. The van der Waals surface area contributed by atoms with E-state index >= 15 is 0 Å². The average molecular weight is 513 g/mol. The molecule has 36 heavy (non-hydrogen) atoms. The van der Waals surface area contributed by atoms with Gasteiger partial charge in [0, 0.05) is 22.8 Å². The summed E-state index contributed by atoms with van der Waals surface area (Å²) in [6.45, 7) is 10.4. The molecule has 0 N–H and O–H groups in total. The van der Waals surface area contributed by atoms with Crippen LogP contribution in [0.15, 0.2) is 22.7 Å². The van der Waals surface area contributed by atoms with E-state index in [0.717, 1.165) is 54.4 Å². The highest BCUT2D eigenvalue weighted by molar-refractivity contribution is 6.30. The minimum Gasteiger partial charge on any atom is -0.444 e. The fraction of sp³-hybridized carbons (Fsp3) is 0.577. The van der Waals surface area contributed by atoms with E-state index in [1.807, 2.05) is 39.0 Å². The zero-order valence-electron chi connectivity index (χ0n) is 21.5. The molecule has 0 atom stereocenters. The van der Waals surface area contributed by atoms with Crippen LogP contribution in [-0.2, 0) is 17.8 Å². The number of benzene rings is 1. The first kappa shape index (κ1) is 24.7. The van der Waals surface area contributed by atoms with E-state index in [1.54, 1.807) is 4.90 Å². The van der Waals surface area contributed by atoms with Crippen LogP contribution in [0.2, 0.25) is 5.02 Å². The molecule has 0 radical (unpaired) electrons. The lowest BCUT2D eigenvalue weighted by atomic mass is 9.81. The highest BCUT2D eigenvalue weighted by atomic mass is 35.5. The van der Waals surface area contributed by atoms with Crippen molar-refractivity contribution < 1.29 is 14.1 Å². The van der Waals surface area contributed by atoms with Crippen molar-refractivity contribution >= 4 is 17.7 Å². The second-order valence-electron chi connectivity index (χ2n) is 11.1. The summed E-state index contributed by atoms with van der Waals surface area (Å²) in [5.74, 6) is 3.91. The van der Waals surface area contributed by atoms with Crippen molar-refractivity contribution in [1.29, 1.82) is 0 Å². The van der Waals surface area contributed by atoms with Gasteiger partial charge in [0.15, 0.2) is 11.6 Å². The van der Waals surface area contributed by atoms with Gasteiger partial charge in [-0.2, -0.15) is 4.98 Å². The molecule has 0 spiro atoms. The number of hydrogen-bond donors (Lipinski definition) is 0. The highest BCUT2D eigenvalue weighted by Gasteiger charge is 2.34. The van der Waals surface area contributed by atoms with Crippen molar-refractivity contribution in [3.63, 3.8) is 0 Å². The largest absolute Gasteiger partial charge is 0.444 e. The van der Waals surface area contributed by atoms with Gasteiger partial charge >= 0.3 is 6.09 Å². The van der Waals surface area contributed by atoms with Crippen LogP contribution in [0.3, 0.4) is 0 Å². The Morgan fingerprint density at radius 3 is 2.50 bits per heavy atom. The summed E-state index contributed by atoms with van der Waals surface area (Å²) < 4.78 is 13.2. The Morgan fingerprint density at radius 1 is 1.11 bits per heavy atom. The first-order valence-corrected chi connectivity index (χ1v) is 13.0. The third-order valence-electron chi connectivity index (χ3n) is 6.79. The van der Waals surface area contributed by atoms with Crippen LogP contribution in [0.4, 0.5) is 4.79 Å². The van der Waals surface area contributed by atoms with Crippen LogP contribution in [0.5, 0.6) is 0 Å². The molecule has 10 heteroatoms. The standard InChI is InChI=1S/C26H33ClN6O3/c1-15(2)24-28-22(31-36-24)16-6-8-17(9-7-16)23-30-29-21-14-32(25(34)35-26(3,4)5)13-18-12-19(27)10-11-20(18)33(21)23/h10-12,15-17H,6-9,13-14H2,1-5H3. The maximum atomic E-state index is 13.0. The van der Waals surface area contributed by atoms with Gasteiger partial charge in [0.1, 0.15) is 11.4 Å². The van der Waals surface area contributed by atoms with E-state index in [2.05, 4.69) is 38.8 Å². The van der Waals surface area contributed by atoms with Gasteiger partial charge in [-0.05, 0) is 70.2 Å². The third-order valence-corrected chi connectivity index (χ3v) is 7.03. The molecular weight excluding hydrogens is 480 g/mol. The van der Waals surface area contributed by atoms with Crippen molar-refractivity contribution in [2.45, 2.75) is 96.7 Å². The molecule has 1 fully saturated rings. The fourth-order valence-corrected chi connectivity index (χ4v) is 5.20. The summed E-state index contributed by atoms with van der Waals surface area (Å²) >= 11 is 6.35. The smallest absolute Gasteiger partial charge is 0.411 e. The van der Waals surface area contributed by atoms with Crippen LogP contribution in [0, 0.1) is 0 Å². The van der Waals surface area contributed by atoms with Gasteiger partial charge in [0.25, 0.3) is 0 Å². The predicted molar refractivity (Wildman–Crippen MR) is 134 cm³/mol. The Bertz CT molecular complexity index is 1250. The van der Waals surface area contributed by atoms with E-state index in [-0.39, 0.29) is 23.8 Å². The van der Waals surface area contributed by atoms with Gasteiger partial charge in [-0.25, -0.2) is 4.79 Å². The van der Waals surface area contributed by atoms with Crippen LogP contribution in [0.1, 0.15) is 107 Å². The molecule has 3 heterocycles. The number of fused-ring (bicyclic) bond motifs is 3. The van der Waals surface area contributed by atoms with Gasteiger partial charge in [-0.15, -0.1) is 10.2 Å². The topological polar surface area (TPSA) is 99.2 Å². The maximum Gasteiger partial charge on any atom is 0.411 e. The third kappa shape index (κ3) is 4.98. The summed E-state index contributed by atoms with van der Waals surface area (Å²) in [6, 6.07) is 5.77. The molecule has 2 aromatic heterocycles. The first-order valence-electron chi connectivity index (χ1n) is 12.6. The molecule has 0 bridgehead atoms. The lowest BCUT2D eigenvalue weighted by Gasteiger charge is -2.26. The van der Waals surface area contributed by atoms with E-state index in [1.165, 1.54) is 0 Å². The van der Waals surface area contributed by atoms with Crippen molar-refractivity contribution in [3.8, 4) is 5.69 Å². The molecule has 1 aliphatic heterocycles. The molecule has 5 rings (SSSR count). The van der Waals surface area contributed by atoms with Gasteiger partial charge in [0.05, 0.1) is 18.8 Å². The summed E-state index contributed by atoms with van der Waals surface area (Å²) in [5, 5.41) is 14.0. The Kier molecular flexibility index (Phi) is 6.53. The molecule has 0 saturated heterocycles. The van der Waals surface area contributed by atoms with Crippen molar-refractivity contribution in [1.82, 2.24) is 29.8 Å². The van der Waals surface area contributed by atoms with E-state index in [0.29, 0.717) is 24.0 Å². The lowest BCUT2D eigenvalue weighted by Crippen LogP contribution is -2.35. The van der Waals surface area contributed by atoms with Crippen molar-refractivity contribution in [2.24, 2.45) is 0 Å². The number of nitrogens with zero attached hydrogens (tertiary/aromatic N) is 6. The minimum absolute atomic E-state index is 0.225. The number of hydrogen-bond acceptors (Lipinski definition) is 7. The van der Waals surface area contributed by atoms with E-state index in [4.69, 9.17) is 20.9 Å². The number of carbonyl (C=O) groups excluding carboxylic acids is 1. The predicted octanol–water partition coefficient (Wildman–Crippen LogP) is 6.12.